The molecule has 132 valence electrons. The van der Waals surface area contributed by atoms with Crippen LogP contribution >= 0.6 is 23.4 Å². The average Bonchev–Trinajstić information content (AvgIpc) is 2.64. The number of hydrogen-bond donors (Lipinski definition) is 0. The molecule has 1 heterocycles. The molecule has 0 spiro atoms. The summed E-state index contributed by atoms with van der Waals surface area (Å²) >= 11 is 7.76. The van der Waals surface area contributed by atoms with Crippen molar-refractivity contribution < 1.29 is 4.79 Å². The lowest BCUT2D eigenvalue weighted by atomic mass is 10.1. The summed E-state index contributed by atoms with van der Waals surface area (Å²) in [6.07, 6.45) is 0. The lowest BCUT2D eigenvalue weighted by Gasteiger charge is -2.37. The first-order chi connectivity index (χ1) is 12.0. The molecule has 0 aromatic heterocycles. The van der Waals surface area contributed by atoms with Gasteiger partial charge in [0.1, 0.15) is 0 Å². The number of hydrogen-bond acceptors (Lipinski definition) is 3. The maximum atomic E-state index is 12.7. The molecular weight excluding hydrogens is 352 g/mol. The van der Waals surface area contributed by atoms with Crippen LogP contribution in [-0.4, -0.2) is 42.2 Å². The van der Waals surface area contributed by atoms with Crippen LogP contribution in [-0.2, 0) is 4.79 Å². The van der Waals surface area contributed by atoms with Crippen molar-refractivity contribution in [2.75, 3.05) is 31.1 Å². The Morgan fingerprint density at radius 3 is 2.44 bits per heavy atom. The van der Waals surface area contributed by atoms with Crippen molar-refractivity contribution in [2.45, 2.75) is 24.0 Å². The van der Waals surface area contributed by atoms with Gasteiger partial charge in [-0.1, -0.05) is 35.9 Å². The van der Waals surface area contributed by atoms with Crippen LogP contribution in [0, 0.1) is 6.92 Å². The molecule has 3 nitrogen and oxygen atoms in total. The molecule has 5 heteroatoms. The van der Waals surface area contributed by atoms with Crippen molar-refractivity contribution in [3.05, 3.63) is 59.1 Å². The van der Waals surface area contributed by atoms with E-state index >= 15 is 0 Å². The van der Waals surface area contributed by atoms with Crippen LogP contribution in [0.25, 0.3) is 0 Å². The van der Waals surface area contributed by atoms with Crippen molar-refractivity contribution in [2.24, 2.45) is 0 Å². The van der Waals surface area contributed by atoms with E-state index in [0.717, 1.165) is 36.1 Å². The van der Waals surface area contributed by atoms with Gasteiger partial charge >= 0.3 is 0 Å². The number of nitrogens with zero attached hydrogens (tertiary/aromatic N) is 2. The predicted molar refractivity (Wildman–Crippen MR) is 107 cm³/mol. The minimum Gasteiger partial charge on any atom is -0.368 e. The second-order valence-electron chi connectivity index (χ2n) is 6.32. The van der Waals surface area contributed by atoms with Crippen LogP contribution in [0.15, 0.2) is 53.4 Å². The van der Waals surface area contributed by atoms with Gasteiger partial charge in [0, 0.05) is 41.8 Å². The highest BCUT2D eigenvalue weighted by atomic mass is 35.5. The molecule has 0 saturated carbocycles. The zero-order valence-electron chi connectivity index (χ0n) is 14.6. The number of aryl methyl sites for hydroxylation is 1. The largest absolute Gasteiger partial charge is 0.368 e. The van der Waals surface area contributed by atoms with Gasteiger partial charge in [-0.25, -0.2) is 0 Å². The number of benzene rings is 2. The molecule has 2 aromatic carbocycles. The van der Waals surface area contributed by atoms with Gasteiger partial charge in [0.15, 0.2) is 0 Å². The third-order valence-corrected chi connectivity index (χ3v) is 5.84. The van der Waals surface area contributed by atoms with Gasteiger partial charge < -0.3 is 9.80 Å². The Labute approximate surface area is 159 Å². The molecule has 1 fully saturated rings. The summed E-state index contributed by atoms with van der Waals surface area (Å²) in [6, 6.07) is 16.1. The first-order valence-corrected chi connectivity index (χ1v) is 9.82. The number of carbonyl (C=O) groups is 1. The van der Waals surface area contributed by atoms with Gasteiger partial charge in [-0.3, -0.25) is 4.79 Å². The van der Waals surface area contributed by atoms with E-state index in [2.05, 4.69) is 11.8 Å². The van der Waals surface area contributed by atoms with Crippen molar-refractivity contribution >= 4 is 35.0 Å². The van der Waals surface area contributed by atoms with Gasteiger partial charge in [0.05, 0.1) is 5.25 Å². The van der Waals surface area contributed by atoms with Gasteiger partial charge in [0.25, 0.3) is 0 Å². The summed E-state index contributed by atoms with van der Waals surface area (Å²) in [5.74, 6) is 0.219. The first-order valence-electron chi connectivity index (χ1n) is 8.56. The van der Waals surface area contributed by atoms with E-state index in [4.69, 9.17) is 11.6 Å². The van der Waals surface area contributed by atoms with E-state index in [-0.39, 0.29) is 11.2 Å². The number of amides is 1. The normalized spacial score (nSPS) is 16.0. The summed E-state index contributed by atoms with van der Waals surface area (Å²) in [7, 11) is 0. The predicted octanol–water partition coefficient (Wildman–Crippen LogP) is 4.48. The van der Waals surface area contributed by atoms with E-state index in [9.17, 15) is 4.79 Å². The highest BCUT2D eigenvalue weighted by Crippen LogP contribution is 2.27. The molecule has 1 saturated heterocycles. The molecule has 1 unspecified atom stereocenters. The van der Waals surface area contributed by atoms with E-state index in [0.29, 0.717) is 0 Å². The Hall–Kier alpha value is -1.65. The summed E-state index contributed by atoms with van der Waals surface area (Å²) in [4.78, 5) is 18.2. The quantitative estimate of drug-likeness (QED) is 0.737. The number of rotatable bonds is 4. The fraction of sp³-hybridized carbons (Fsp3) is 0.350. The van der Waals surface area contributed by atoms with Gasteiger partial charge in [-0.15, -0.1) is 11.8 Å². The van der Waals surface area contributed by atoms with Gasteiger partial charge in [0.2, 0.25) is 5.91 Å². The Balaban J connectivity index is 1.58. The van der Waals surface area contributed by atoms with Crippen molar-refractivity contribution in [3.63, 3.8) is 0 Å². The molecule has 2 aromatic rings. The Kier molecular flexibility index (Phi) is 5.92. The highest BCUT2D eigenvalue weighted by Gasteiger charge is 2.26. The minimum atomic E-state index is -0.0677. The Bertz CT molecular complexity index is 730. The van der Waals surface area contributed by atoms with Crippen LogP contribution in [0.5, 0.6) is 0 Å². The number of thioether (sulfide) groups is 1. The number of carbonyl (C=O) groups excluding carboxylic acids is 1. The smallest absolute Gasteiger partial charge is 0.235 e. The molecule has 0 radical (unpaired) electrons. The topological polar surface area (TPSA) is 23.6 Å². The minimum absolute atomic E-state index is 0.0677. The molecule has 25 heavy (non-hydrogen) atoms. The van der Waals surface area contributed by atoms with E-state index < -0.39 is 0 Å². The first kappa shape index (κ1) is 18.2. The second-order valence-corrected chi connectivity index (χ2v) is 8.17. The SMILES string of the molecule is Cc1ccc(Cl)cc1N1CCN(C(=O)C(C)Sc2ccccc2)CC1. The van der Waals surface area contributed by atoms with E-state index in [1.165, 1.54) is 11.3 Å². The Morgan fingerprint density at radius 1 is 1.08 bits per heavy atom. The van der Waals surface area contributed by atoms with E-state index in [1.807, 2.05) is 60.4 Å². The molecule has 0 N–H and O–H groups in total. The molecule has 0 aliphatic carbocycles. The third-order valence-electron chi connectivity index (χ3n) is 4.51. The lowest BCUT2D eigenvalue weighted by Crippen LogP contribution is -2.50. The molecule has 3 rings (SSSR count). The fourth-order valence-electron chi connectivity index (χ4n) is 3.10. The zero-order chi connectivity index (χ0) is 17.8. The van der Waals surface area contributed by atoms with Crippen LogP contribution < -0.4 is 4.90 Å². The van der Waals surface area contributed by atoms with Crippen LogP contribution in [0.3, 0.4) is 0 Å². The maximum absolute atomic E-state index is 12.7. The van der Waals surface area contributed by atoms with Crippen molar-refractivity contribution in [3.8, 4) is 0 Å². The summed E-state index contributed by atoms with van der Waals surface area (Å²) in [5.41, 5.74) is 2.39. The van der Waals surface area contributed by atoms with E-state index in [1.54, 1.807) is 11.8 Å². The highest BCUT2D eigenvalue weighted by molar-refractivity contribution is 8.00. The van der Waals surface area contributed by atoms with Crippen LogP contribution in [0.2, 0.25) is 5.02 Å². The number of halogens is 1. The zero-order valence-corrected chi connectivity index (χ0v) is 16.2. The molecule has 1 aliphatic rings. The van der Waals surface area contributed by atoms with Gasteiger partial charge in [-0.05, 0) is 43.7 Å². The average molecular weight is 375 g/mol. The summed E-state index contributed by atoms with van der Waals surface area (Å²) in [6.45, 7) is 7.29. The molecular formula is C20H23ClN2OS. The van der Waals surface area contributed by atoms with Crippen LogP contribution in [0.4, 0.5) is 5.69 Å². The molecule has 1 amide bonds. The Morgan fingerprint density at radius 2 is 1.76 bits per heavy atom. The third kappa shape index (κ3) is 4.50. The fourth-order valence-corrected chi connectivity index (χ4v) is 4.24. The molecule has 1 atom stereocenters. The standard InChI is InChI=1S/C20H23ClN2OS/c1-15-8-9-17(21)14-19(15)22-10-12-23(13-11-22)20(24)16(2)25-18-6-4-3-5-7-18/h3-9,14,16H,10-13H2,1-2H3. The summed E-state index contributed by atoms with van der Waals surface area (Å²) in [5, 5.41) is 0.689. The van der Waals surface area contributed by atoms with Crippen LogP contribution in [0.1, 0.15) is 12.5 Å². The monoisotopic (exact) mass is 374 g/mol. The lowest BCUT2D eigenvalue weighted by molar-refractivity contribution is -0.130. The van der Waals surface area contributed by atoms with Gasteiger partial charge in [-0.2, -0.15) is 0 Å². The van der Waals surface area contributed by atoms with Crippen molar-refractivity contribution in [1.29, 1.82) is 0 Å². The number of piperazine rings is 1. The summed E-state index contributed by atoms with van der Waals surface area (Å²) < 4.78 is 0. The number of anilines is 1. The molecule has 0 bridgehead atoms. The maximum Gasteiger partial charge on any atom is 0.235 e. The second kappa shape index (κ2) is 8.15. The molecule has 1 aliphatic heterocycles. The van der Waals surface area contributed by atoms with Crippen molar-refractivity contribution in [1.82, 2.24) is 4.90 Å².